The van der Waals surface area contributed by atoms with Crippen LogP contribution in [0.3, 0.4) is 0 Å². The second kappa shape index (κ2) is 3.88. The van der Waals surface area contributed by atoms with Gasteiger partial charge in [0.15, 0.2) is 5.82 Å². The molecule has 0 amide bonds. The van der Waals surface area contributed by atoms with Crippen molar-refractivity contribution in [2.24, 2.45) is 7.05 Å². The van der Waals surface area contributed by atoms with E-state index in [1.54, 1.807) is 23.7 Å². The highest BCUT2D eigenvalue weighted by molar-refractivity contribution is 8.13. The van der Waals surface area contributed by atoms with Gasteiger partial charge in [-0.05, 0) is 12.1 Å². The lowest BCUT2D eigenvalue weighted by Gasteiger charge is -2.02. The Kier molecular flexibility index (Phi) is 2.69. The largest absolute Gasteiger partial charge is 0.317 e. The van der Waals surface area contributed by atoms with Crippen molar-refractivity contribution < 1.29 is 8.42 Å². The summed E-state index contributed by atoms with van der Waals surface area (Å²) in [7, 11) is 3.32. The number of rotatable bonds is 2. The van der Waals surface area contributed by atoms with E-state index in [2.05, 4.69) is 10.2 Å². The number of nitrogens with zero attached hydrogens (tertiary/aromatic N) is 3. The fourth-order valence-electron chi connectivity index (χ4n) is 1.33. The topological polar surface area (TPSA) is 64.8 Å². The first-order valence-corrected chi connectivity index (χ1v) is 6.68. The summed E-state index contributed by atoms with van der Waals surface area (Å²) in [6.45, 7) is 0. The summed E-state index contributed by atoms with van der Waals surface area (Å²) in [6, 6.07) is 6.25. The number of hydrogen-bond acceptors (Lipinski definition) is 4. The van der Waals surface area contributed by atoms with Crippen LogP contribution in [0.1, 0.15) is 0 Å². The lowest BCUT2D eigenvalue weighted by molar-refractivity contribution is 0.609. The van der Waals surface area contributed by atoms with Gasteiger partial charge in [-0.1, -0.05) is 12.1 Å². The Morgan fingerprint density at radius 3 is 2.69 bits per heavy atom. The zero-order valence-corrected chi connectivity index (χ0v) is 9.90. The van der Waals surface area contributed by atoms with Gasteiger partial charge in [0.05, 0.1) is 4.90 Å². The minimum atomic E-state index is -3.71. The molecular formula is C9H8ClN3O2S. The zero-order valence-electron chi connectivity index (χ0n) is 8.33. The first kappa shape index (κ1) is 11.1. The molecule has 0 radical (unpaired) electrons. The van der Waals surface area contributed by atoms with Crippen molar-refractivity contribution >= 4 is 19.7 Å². The summed E-state index contributed by atoms with van der Waals surface area (Å²) in [6.07, 6.45) is 1.54. The molecule has 1 aromatic carbocycles. The van der Waals surface area contributed by atoms with E-state index in [4.69, 9.17) is 10.7 Å². The van der Waals surface area contributed by atoms with Gasteiger partial charge in [-0.2, -0.15) is 0 Å². The van der Waals surface area contributed by atoms with Crippen molar-refractivity contribution in [3.63, 3.8) is 0 Å². The summed E-state index contributed by atoms with van der Waals surface area (Å²) >= 11 is 0. The smallest absolute Gasteiger partial charge is 0.261 e. The second-order valence-electron chi connectivity index (χ2n) is 3.23. The maximum Gasteiger partial charge on any atom is 0.261 e. The van der Waals surface area contributed by atoms with E-state index in [1.165, 1.54) is 18.5 Å². The molecule has 0 spiro atoms. The van der Waals surface area contributed by atoms with E-state index in [9.17, 15) is 8.42 Å². The Morgan fingerprint density at radius 1 is 1.38 bits per heavy atom. The molecule has 0 aliphatic heterocycles. The molecule has 0 aliphatic carbocycles. The third-order valence-corrected chi connectivity index (χ3v) is 3.44. The first-order valence-electron chi connectivity index (χ1n) is 4.37. The molecule has 0 bridgehead atoms. The molecule has 84 valence electrons. The van der Waals surface area contributed by atoms with Crippen molar-refractivity contribution in [2.75, 3.05) is 0 Å². The Hall–Kier alpha value is -1.40. The summed E-state index contributed by atoms with van der Waals surface area (Å²) in [5, 5.41) is 7.60. The predicted octanol–water partition coefficient (Wildman–Crippen LogP) is 1.41. The monoisotopic (exact) mass is 257 g/mol. The van der Waals surface area contributed by atoms with Crippen LogP contribution in [-0.4, -0.2) is 23.2 Å². The average molecular weight is 258 g/mol. The Bertz CT molecular complexity index is 621. The molecule has 1 aromatic heterocycles. The minimum Gasteiger partial charge on any atom is -0.317 e. The highest BCUT2D eigenvalue weighted by Crippen LogP contribution is 2.22. The molecule has 0 aliphatic rings. The SMILES string of the molecule is Cn1cnnc1-c1cccc(S(=O)(=O)Cl)c1. The lowest BCUT2D eigenvalue weighted by Crippen LogP contribution is -1.94. The highest BCUT2D eigenvalue weighted by atomic mass is 35.7. The molecule has 0 saturated carbocycles. The second-order valence-corrected chi connectivity index (χ2v) is 5.80. The first-order chi connectivity index (χ1) is 7.48. The fourth-order valence-corrected chi connectivity index (χ4v) is 2.13. The summed E-state index contributed by atoms with van der Waals surface area (Å²) in [4.78, 5) is 0.0506. The molecule has 2 rings (SSSR count). The van der Waals surface area contributed by atoms with E-state index in [0.717, 1.165) is 0 Å². The van der Waals surface area contributed by atoms with Gasteiger partial charge in [0.1, 0.15) is 6.33 Å². The zero-order chi connectivity index (χ0) is 11.8. The molecule has 0 unspecified atom stereocenters. The van der Waals surface area contributed by atoms with Crippen LogP contribution in [0.5, 0.6) is 0 Å². The maximum atomic E-state index is 11.2. The molecule has 16 heavy (non-hydrogen) atoms. The Morgan fingerprint density at radius 2 is 2.12 bits per heavy atom. The normalized spacial score (nSPS) is 11.6. The molecule has 0 fully saturated rings. The Balaban J connectivity index is 2.57. The van der Waals surface area contributed by atoms with Crippen LogP contribution in [-0.2, 0) is 16.1 Å². The fraction of sp³-hybridized carbons (Fsp3) is 0.111. The van der Waals surface area contributed by atoms with Gasteiger partial charge in [-0.15, -0.1) is 10.2 Å². The molecule has 0 atom stereocenters. The third kappa shape index (κ3) is 2.07. The van der Waals surface area contributed by atoms with Crippen LogP contribution in [0.2, 0.25) is 0 Å². The summed E-state index contributed by atoms with van der Waals surface area (Å²) in [5.41, 5.74) is 0.654. The van der Waals surface area contributed by atoms with Gasteiger partial charge in [0.25, 0.3) is 9.05 Å². The van der Waals surface area contributed by atoms with Crippen LogP contribution in [0.25, 0.3) is 11.4 Å². The Labute approximate surface area is 97.1 Å². The van der Waals surface area contributed by atoms with Gasteiger partial charge >= 0.3 is 0 Å². The van der Waals surface area contributed by atoms with Crippen LogP contribution in [0, 0.1) is 0 Å². The molecule has 0 saturated heterocycles. The molecule has 1 heterocycles. The van der Waals surface area contributed by atoms with Gasteiger partial charge < -0.3 is 4.57 Å². The van der Waals surface area contributed by atoms with E-state index in [0.29, 0.717) is 11.4 Å². The lowest BCUT2D eigenvalue weighted by atomic mass is 10.2. The van der Waals surface area contributed by atoms with E-state index in [-0.39, 0.29) is 4.90 Å². The number of aromatic nitrogens is 3. The van der Waals surface area contributed by atoms with Crippen molar-refractivity contribution in [1.82, 2.24) is 14.8 Å². The number of benzene rings is 1. The maximum absolute atomic E-state index is 11.2. The van der Waals surface area contributed by atoms with E-state index < -0.39 is 9.05 Å². The van der Waals surface area contributed by atoms with Crippen molar-refractivity contribution in [2.45, 2.75) is 4.90 Å². The molecule has 7 heteroatoms. The highest BCUT2D eigenvalue weighted by Gasteiger charge is 2.12. The van der Waals surface area contributed by atoms with Crippen molar-refractivity contribution in [1.29, 1.82) is 0 Å². The minimum absolute atomic E-state index is 0.0506. The van der Waals surface area contributed by atoms with E-state index in [1.807, 2.05) is 0 Å². The number of aryl methyl sites for hydroxylation is 1. The molecule has 5 nitrogen and oxygen atoms in total. The van der Waals surface area contributed by atoms with E-state index >= 15 is 0 Å². The predicted molar refractivity (Wildman–Crippen MR) is 59.5 cm³/mol. The van der Waals surface area contributed by atoms with Gasteiger partial charge in [-0.25, -0.2) is 8.42 Å². The van der Waals surface area contributed by atoms with Gasteiger partial charge in [0.2, 0.25) is 0 Å². The van der Waals surface area contributed by atoms with Crippen LogP contribution in [0.4, 0.5) is 0 Å². The summed E-state index contributed by atoms with van der Waals surface area (Å²) < 4.78 is 24.0. The molecule has 2 aromatic rings. The molecular weight excluding hydrogens is 250 g/mol. The van der Waals surface area contributed by atoms with Crippen LogP contribution >= 0.6 is 10.7 Å². The third-order valence-electron chi connectivity index (χ3n) is 2.09. The quantitative estimate of drug-likeness (QED) is 0.763. The summed E-state index contributed by atoms with van der Waals surface area (Å²) in [5.74, 6) is 0.585. The van der Waals surface area contributed by atoms with Crippen molar-refractivity contribution in [3.05, 3.63) is 30.6 Å². The van der Waals surface area contributed by atoms with Crippen LogP contribution < -0.4 is 0 Å². The van der Waals surface area contributed by atoms with Crippen molar-refractivity contribution in [3.8, 4) is 11.4 Å². The van der Waals surface area contributed by atoms with Gasteiger partial charge in [0, 0.05) is 23.3 Å². The van der Waals surface area contributed by atoms with Gasteiger partial charge in [-0.3, -0.25) is 0 Å². The standard InChI is InChI=1S/C9H8ClN3O2S/c1-13-6-11-12-9(13)7-3-2-4-8(5-7)16(10,14)15/h2-6H,1H3. The molecule has 0 N–H and O–H groups in total. The number of hydrogen-bond donors (Lipinski definition) is 0. The average Bonchev–Trinajstić information content (AvgIpc) is 2.63. The number of halogens is 1. The van der Waals surface area contributed by atoms with Crippen LogP contribution in [0.15, 0.2) is 35.5 Å².